The molecule has 1 aromatic heterocycles. The predicted octanol–water partition coefficient (Wildman–Crippen LogP) is 3.19. The summed E-state index contributed by atoms with van der Waals surface area (Å²) in [5, 5.41) is 3.21. The Morgan fingerprint density at radius 2 is 2.08 bits per heavy atom. The zero-order chi connectivity index (χ0) is 17.9. The predicted molar refractivity (Wildman–Crippen MR) is 87.3 cm³/mol. The van der Waals surface area contributed by atoms with Gasteiger partial charge in [-0.3, -0.25) is 4.90 Å². The van der Waals surface area contributed by atoms with E-state index in [2.05, 4.69) is 15.3 Å². The van der Waals surface area contributed by atoms with Crippen LogP contribution in [0, 0.1) is 0 Å². The van der Waals surface area contributed by atoms with E-state index in [1.165, 1.54) is 19.2 Å². The van der Waals surface area contributed by atoms with Crippen molar-refractivity contribution >= 4 is 5.95 Å². The minimum Gasteiger partial charge on any atom is -0.481 e. The van der Waals surface area contributed by atoms with Crippen molar-refractivity contribution in [2.75, 3.05) is 25.5 Å². The molecular weight excluding hydrogens is 333 g/mol. The smallest absolute Gasteiger partial charge is 0.416 e. The van der Waals surface area contributed by atoms with Crippen molar-refractivity contribution in [3.8, 4) is 5.88 Å². The summed E-state index contributed by atoms with van der Waals surface area (Å²) in [5.41, 5.74) is -0.268. The number of hydrogen-bond acceptors (Lipinski definition) is 5. The molecule has 8 heteroatoms. The fourth-order valence-electron chi connectivity index (χ4n) is 2.98. The van der Waals surface area contributed by atoms with Gasteiger partial charge in [-0.2, -0.15) is 18.2 Å². The Morgan fingerprint density at radius 1 is 1.28 bits per heavy atom. The number of halogens is 3. The monoisotopic (exact) mass is 352 g/mol. The molecule has 0 aliphatic carbocycles. The van der Waals surface area contributed by atoms with Crippen molar-refractivity contribution in [3.63, 3.8) is 0 Å². The molecule has 1 aromatic carbocycles. The molecule has 1 atom stereocenters. The number of ether oxygens (including phenoxy) is 1. The maximum atomic E-state index is 13.1. The number of nitrogens with zero attached hydrogens (tertiary/aromatic N) is 3. The highest BCUT2D eigenvalue weighted by molar-refractivity contribution is 5.31. The van der Waals surface area contributed by atoms with Gasteiger partial charge in [-0.05, 0) is 18.1 Å². The minimum atomic E-state index is -4.33. The highest BCUT2D eigenvalue weighted by Gasteiger charge is 2.34. The fraction of sp³-hybridized carbons (Fsp3) is 0.412. The van der Waals surface area contributed by atoms with Crippen molar-refractivity contribution < 1.29 is 17.9 Å². The number of benzene rings is 1. The van der Waals surface area contributed by atoms with Crippen LogP contribution in [0.4, 0.5) is 19.1 Å². The summed E-state index contributed by atoms with van der Waals surface area (Å²) in [6.07, 6.45) is -1.92. The molecule has 0 radical (unpaired) electrons. The lowest BCUT2D eigenvalue weighted by molar-refractivity contribution is -0.138. The molecule has 5 nitrogen and oxygen atoms in total. The van der Waals surface area contributed by atoms with E-state index in [9.17, 15) is 13.2 Å². The number of aromatic nitrogens is 2. The molecule has 0 amide bonds. The molecule has 1 fully saturated rings. The second-order valence-electron chi connectivity index (χ2n) is 5.94. The SMILES string of the molecule is COc1ccnc(NC2CCN(Cc3ccccc3C(F)(F)F)C2)n1. The Hall–Kier alpha value is -2.35. The molecule has 1 unspecified atom stereocenters. The van der Waals surface area contributed by atoms with Crippen LogP contribution in [0.15, 0.2) is 36.5 Å². The molecule has 2 heterocycles. The summed E-state index contributed by atoms with van der Waals surface area (Å²) in [6.45, 7) is 1.62. The minimum absolute atomic E-state index is 0.0881. The van der Waals surface area contributed by atoms with Gasteiger partial charge in [0.05, 0.1) is 12.7 Å². The Bertz CT molecular complexity index is 723. The van der Waals surface area contributed by atoms with Crippen molar-refractivity contribution in [3.05, 3.63) is 47.7 Å². The standard InChI is InChI=1S/C17H19F3N4O/c1-25-15-6-8-21-16(23-15)22-13-7-9-24(11-13)10-12-4-2-3-5-14(12)17(18,19)20/h2-6,8,13H,7,9-11H2,1H3,(H,21,22,23). The summed E-state index contributed by atoms with van der Waals surface area (Å²) >= 11 is 0. The number of hydrogen-bond donors (Lipinski definition) is 1. The van der Waals surface area contributed by atoms with Gasteiger partial charge in [0.15, 0.2) is 0 Å². The lowest BCUT2D eigenvalue weighted by Crippen LogP contribution is -2.27. The zero-order valence-corrected chi connectivity index (χ0v) is 13.8. The van der Waals surface area contributed by atoms with Gasteiger partial charge >= 0.3 is 6.18 Å². The summed E-state index contributed by atoms with van der Waals surface area (Å²) in [4.78, 5) is 10.3. The second kappa shape index (κ2) is 7.26. The number of anilines is 1. The van der Waals surface area contributed by atoms with Gasteiger partial charge in [0.25, 0.3) is 0 Å². The third-order valence-electron chi connectivity index (χ3n) is 4.16. The highest BCUT2D eigenvalue weighted by Crippen LogP contribution is 2.32. The van der Waals surface area contributed by atoms with E-state index in [0.717, 1.165) is 12.5 Å². The van der Waals surface area contributed by atoms with Crippen molar-refractivity contribution in [2.45, 2.75) is 25.2 Å². The summed E-state index contributed by atoms with van der Waals surface area (Å²) in [6, 6.07) is 7.46. The third-order valence-corrected chi connectivity index (χ3v) is 4.16. The Balaban J connectivity index is 1.62. The topological polar surface area (TPSA) is 50.3 Å². The van der Waals surface area contributed by atoms with E-state index in [-0.39, 0.29) is 12.6 Å². The molecule has 1 aliphatic heterocycles. The molecule has 1 saturated heterocycles. The van der Waals surface area contributed by atoms with Gasteiger partial charge in [-0.15, -0.1) is 0 Å². The number of rotatable bonds is 5. The first kappa shape index (κ1) is 17.5. The Kier molecular flexibility index (Phi) is 5.08. The van der Waals surface area contributed by atoms with E-state index >= 15 is 0 Å². The van der Waals surface area contributed by atoms with Crippen LogP contribution in [0.5, 0.6) is 5.88 Å². The van der Waals surface area contributed by atoms with Crippen LogP contribution >= 0.6 is 0 Å². The van der Waals surface area contributed by atoms with E-state index in [4.69, 9.17) is 4.74 Å². The lowest BCUT2D eigenvalue weighted by atomic mass is 10.1. The van der Waals surface area contributed by atoms with Gasteiger partial charge in [-0.25, -0.2) is 4.98 Å². The van der Waals surface area contributed by atoms with Crippen molar-refractivity contribution in [1.82, 2.24) is 14.9 Å². The summed E-state index contributed by atoms with van der Waals surface area (Å²) < 4.78 is 44.4. The Labute approximate surface area is 143 Å². The van der Waals surface area contributed by atoms with E-state index in [1.54, 1.807) is 18.3 Å². The maximum Gasteiger partial charge on any atom is 0.416 e. The third kappa shape index (κ3) is 4.39. The van der Waals surface area contributed by atoms with E-state index in [0.29, 0.717) is 30.5 Å². The molecule has 0 bridgehead atoms. The van der Waals surface area contributed by atoms with Gasteiger partial charge < -0.3 is 10.1 Å². The number of methoxy groups -OCH3 is 1. The Morgan fingerprint density at radius 3 is 2.84 bits per heavy atom. The maximum absolute atomic E-state index is 13.1. The van der Waals surface area contributed by atoms with Crippen LogP contribution < -0.4 is 10.1 Å². The number of likely N-dealkylation sites (tertiary alicyclic amines) is 1. The van der Waals surface area contributed by atoms with Crippen molar-refractivity contribution in [2.24, 2.45) is 0 Å². The molecule has 2 aromatic rings. The first-order chi connectivity index (χ1) is 12.0. The van der Waals surface area contributed by atoms with Gasteiger partial charge in [0.2, 0.25) is 11.8 Å². The van der Waals surface area contributed by atoms with Crippen LogP contribution in [-0.4, -0.2) is 41.1 Å². The highest BCUT2D eigenvalue weighted by atomic mass is 19.4. The van der Waals surface area contributed by atoms with Crippen LogP contribution in [0.25, 0.3) is 0 Å². The molecule has 134 valence electrons. The van der Waals surface area contributed by atoms with Gasteiger partial charge in [0.1, 0.15) is 0 Å². The number of alkyl halides is 3. The van der Waals surface area contributed by atoms with E-state index < -0.39 is 11.7 Å². The quantitative estimate of drug-likeness (QED) is 0.896. The molecule has 25 heavy (non-hydrogen) atoms. The second-order valence-corrected chi connectivity index (χ2v) is 5.94. The van der Waals surface area contributed by atoms with Gasteiger partial charge in [-0.1, -0.05) is 18.2 Å². The first-order valence-corrected chi connectivity index (χ1v) is 7.97. The fourth-order valence-corrected chi connectivity index (χ4v) is 2.98. The lowest BCUT2D eigenvalue weighted by Gasteiger charge is -2.19. The van der Waals surface area contributed by atoms with E-state index in [1.807, 2.05) is 4.90 Å². The normalized spacial score (nSPS) is 18.3. The molecule has 0 spiro atoms. The number of nitrogens with one attached hydrogen (secondary N) is 1. The summed E-state index contributed by atoms with van der Waals surface area (Å²) in [5.74, 6) is 0.924. The summed E-state index contributed by atoms with van der Waals surface area (Å²) in [7, 11) is 1.53. The first-order valence-electron chi connectivity index (χ1n) is 7.97. The average molecular weight is 352 g/mol. The largest absolute Gasteiger partial charge is 0.481 e. The van der Waals surface area contributed by atoms with Crippen LogP contribution in [0.3, 0.4) is 0 Å². The molecule has 3 rings (SSSR count). The zero-order valence-electron chi connectivity index (χ0n) is 13.8. The molecular formula is C17H19F3N4O. The average Bonchev–Trinajstić information content (AvgIpc) is 3.01. The van der Waals surface area contributed by atoms with Crippen LogP contribution in [0.2, 0.25) is 0 Å². The van der Waals surface area contributed by atoms with Gasteiger partial charge in [0, 0.05) is 37.9 Å². The van der Waals surface area contributed by atoms with Crippen LogP contribution in [0.1, 0.15) is 17.5 Å². The van der Waals surface area contributed by atoms with Crippen LogP contribution in [-0.2, 0) is 12.7 Å². The molecule has 0 saturated carbocycles. The van der Waals surface area contributed by atoms with Crippen molar-refractivity contribution in [1.29, 1.82) is 0 Å². The molecule has 1 aliphatic rings. The molecule has 1 N–H and O–H groups in total.